The molecule has 29 heavy (non-hydrogen) atoms. The molecule has 0 amide bonds. The highest BCUT2D eigenvalue weighted by molar-refractivity contribution is 6.30. The van der Waals surface area contributed by atoms with E-state index in [2.05, 4.69) is 9.88 Å². The number of methoxy groups -OCH3 is 1. The molecule has 0 bridgehead atoms. The lowest BCUT2D eigenvalue weighted by Gasteiger charge is -2.39. The topological polar surface area (TPSA) is 80.0 Å². The van der Waals surface area contributed by atoms with E-state index in [1.54, 1.807) is 18.5 Å². The molecule has 7 nitrogen and oxygen atoms in total. The minimum absolute atomic E-state index is 0.382. The number of carboxylic acid groups (broad SMARTS) is 1. The molecular formula is C21H23ClN4O3. The molecule has 1 aliphatic heterocycles. The average molecular weight is 415 g/mol. The molecule has 1 N–H and O–H groups in total. The van der Waals surface area contributed by atoms with Gasteiger partial charge in [0.05, 0.1) is 23.9 Å². The SMILES string of the molecule is COc1c(C)nc2cc(-c3ccc(Cl)cc3)nn2c1N1CCCC(C)(C(=O)O)C1. The summed E-state index contributed by atoms with van der Waals surface area (Å²) in [6.07, 6.45) is 1.42. The number of aryl methyl sites for hydroxylation is 1. The van der Waals surface area contributed by atoms with Gasteiger partial charge in [-0.05, 0) is 38.8 Å². The Morgan fingerprint density at radius 3 is 2.69 bits per heavy atom. The van der Waals surface area contributed by atoms with Gasteiger partial charge in [0.2, 0.25) is 0 Å². The number of nitrogens with zero attached hydrogens (tertiary/aromatic N) is 4. The summed E-state index contributed by atoms with van der Waals surface area (Å²) in [5.74, 6) is 0.561. The van der Waals surface area contributed by atoms with Crippen LogP contribution in [0.25, 0.3) is 16.9 Å². The predicted octanol–water partition coefficient (Wildman–Crippen LogP) is 4.06. The number of anilines is 1. The van der Waals surface area contributed by atoms with Gasteiger partial charge in [0.1, 0.15) is 0 Å². The van der Waals surface area contributed by atoms with Gasteiger partial charge in [-0.1, -0.05) is 23.7 Å². The summed E-state index contributed by atoms with van der Waals surface area (Å²) in [5.41, 5.74) is 2.29. The van der Waals surface area contributed by atoms with Gasteiger partial charge in [-0.25, -0.2) is 4.98 Å². The largest absolute Gasteiger partial charge is 0.491 e. The molecule has 3 heterocycles. The summed E-state index contributed by atoms with van der Waals surface area (Å²) in [7, 11) is 1.60. The van der Waals surface area contributed by atoms with E-state index < -0.39 is 11.4 Å². The van der Waals surface area contributed by atoms with E-state index in [-0.39, 0.29) is 0 Å². The molecule has 3 aromatic rings. The molecule has 4 rings (SSSR count). The molecule has 8 heteroatoms. The number of hydrogen-bond donors (Lipinski definition) is 1. The molecule has 1 atom stereocenters. The number of aliphatic carboxylic acids is 1. The van der Waals surface area contributed by atoms with Gasteiger partial charge in [-0.2, -0.15) is 9.61 Å². The van der Waals surface area contributed by atoms with Crippen molar-refractivity contribution in [1.82, 2.24) is 14.6 Å². The zero-order valence-corrected chi connectivity index (χ0v) is 17.4. The number of carbonyl (C=O) groups is 1. The number of aromatic nitrogens is 3. The lowest BCUT2D eigenvalue weighted by molar-refractivity contribution is -0.148. The molecular weight excluding hydrogens is 392 g/mol. The minimum atomic E-state index is -0.821. The van der Waals surface area contributed by atoms with Gasteiger partial charge in [-0.3, -0.25) is 4.79 Å². The normalized spacial score (nSPS) is 19.5. The molecule has 1 aromatic carbocycles. The third kappa shape index (κ3) is 3.40. The van der Waals surface area contributed by atoms with Gasteiger partial charge in [0.25, 0.3) is 0 Å². The lowest BCUT2D eigenvalue weighted by atomic mass is 9.82. The molecule has 0 spiro atoms. The van der Waals surface area contributed by atoms with Gasteiger partial charge < -0.3 is 14.7 Å². The smallest absolute Gasteiger partial charge is 0.311 e. The lowest BCUT2D eigenvalue weighted by Crippen LogP contribution is -2.47. The van der Waals surface area contributed by atoms with Crippen LogP contribution in [-0.2, 0) is 4.79 Å². The highest BCUT2D eigenvalue weighted by Crippen LogP contribution is 2.38. The van der Waals surface area contributed by atoms with Crippen molar-refractivity contribution in [3.05, 3.63) is 41.0 Å². The number of rotatable bonds is 4. The molecule has 1 saturated heterocycles. The fourth-order valence-electron chi connectivity index (χ4n) is 3.96. The zero-order valence-electron chi connectivity index (χ0n) is 16.6. The van der Waals surface area contributed by atoms with Crippen molar-refractivity contribution >= 4 is 29.0 Å². The molecule has 1 aliphatic rings. The van der Waals surface area contributed by atoms with Crippen LogP contribution in [0.15, 0.2) is 30.3 Å². The van der Waals surface area contributed by atoms with E-state index in [0.29, 0.717) is 29.4 Å². The third-order valence-corrected chi connectivity index (χ3v) is 5.81. The van der Waals surface area contributed by atoms with Crippen molar-refractivity contribution in [2.45, 2.75) is 26.7 Å². The Morgan fingerprint density at radius 2 is 2.03 bits per heavy atom. The molecule has 0 aliphatic carbocycles. The standard InChI is InChI=1S/C21H23ClN4O3/c1-13-18(29-3)19(25-10-4-9-21(2,12-25)20(27)28)26-17(23-13)11-16(24-26)14-5-7-15(22)8-6-14/h5-8,11H,4,9-10,12H2,1-3H3,(H,27,28). The molecule has 2 aromatic heterocycles. The van der Waals surface area contributed by atoms with Crippen LogP contribution in [0.4, 0.5) is 5.82 Å². The second kappa shape index (κ2) is 7.22. The van der Waals surface area contributed by atoms with Crippen molar-refractivity contribution in [2.75, 3.05) is 25.1 Å². The monoisotopic (exact) mass is 414 g/mol. The first kappa shape index (κ1) is 19.5. The summed E-state index contributed by atoms with van der Waals surface area (Å²) >= 11 is 6.01. The highest BCUT2D eigenvalue weighted by Gasteiger charge is 2.39. The van der Waals surface area contributed by atoms with Gasteiger partial charge >= 0.3 is 5.97 Å². The maximum Gasteiger partial charge on any atom is 0.311 e. The van der Waals surface area contributed by atoms with Crippen LogP contribution in [0.5, 0.6) is 5.75 Å². The number of carboxylic acids is 1. The molecule has 1 fully saturated rings. The summed E-state index contributed by atoms with van der Waals surface area (Å²) in [6.45, 7) is 4.79. The summed E-state index contributed by atoms with van der Waals surface area (Å²) < 4.78 is 7.42. The van der Waals surface area contributed by atoms with Crippen molar-refractivity contribution in [3.63, 3.8) is 0 Å². The number of piperidine rings is 1. The van der Waals surface area contributed by atoms with Crippen LogP contribution < -0.4 is 9.64 Å². The first-order valence-corrected chi connectivity index (χ1v) is 9.89. The van der Waals surface area contributed by atoms with E-state index in [0.717, 1.165) is 35.7 Å². The molecule has 0 saturated carbocycles. The Bertz CT molecular complexity index is 1080. The molecule has 1 unspecified atom stereocenters. The van der Waals surface area contributed by atoms with Gasteiger partial charge in [0.15, 0.2) is 17.2 Å². The fourth-order valence-corrected chi connectivity index (χ4v) is 4.09. The first-order chi connectivity index (χ1) is 13.8. The summed E-state index contributed by atoms with van der Waals surface area (Å²) in [6, 6.07) is 9.39. The Morgan fingerprint density at radius 1 is 1.31 bits per heavy atom. The zero-order chi connectivity index (χ0) is 20.8. The van der Waals surface area contributed by atoms with E-state index in [1.165, 1.54) is 0 Å². The number of benzene rings is 1. The number of ether oxygens (including phenoxy) is 1. The van der Waals surface area contributed by atoms with Crippen LogP contribution in [0.3, 0.4) is 0 Å². The second-order valence-electron chi connectivity index (χ2n) is 7.75. The Kier molecular flexibility index (Phi) is 4.86. The Labute approximate surface area is 173 Å². The number of fused-ring (bicyclic) bond motifs is 1. The van der Waals surface area contributed by atoms with Crippen LogP contribution in [0.2, 0.25) is 5.02 Å². The van der Waals surface area contributed by atoms with Crippen LogP contribution >= 0.6 is 11.6 Å². The highest BCUT2D eigenvalue weighted by atomic mass is 35.5. The van der Waals surface area contributed by atoms with Gasteiger partial charge in [0, 0.05) is 29.7 Å². The minimum Gasteiger partial charge on any atom is -0.491 e. The van der Waals surface area contributed by atoms with E-state index in [4.69, 9.17) is 21.4 Å². The van der Waals surface area contributed by atoms with Crippen LogP contribution in [0, 0.1) is 12.3 Å². The number of hydrogen-bond acceptors (Lipinski definition) is 5. The average Bonchev–Trinajstić information content (AvgIpc) is 3.10. The fraction of sp³-hybridized carbons (Fsp3) is 0.381. The van der Waals surface area contributed by atoms with Crippen molar-refractivity contribution in [1.29, 1.82) is 0 Å². The molecule has 152 valence electrons. The third-order valence-electron chi connectivity index (χ3n) is 5.56. The van der Waals surface area contributed by atoms with Crippen molar-refractivity contribution in [3.8, 4) is 17.0 Å². The molecule has 0 radical (unpaired) electrons. The van der Waals surface area contributed by atoms with Crippen LogP contribution in [-0.4, -0.2) is 45.9 Å². The van der Waals surface area contributed by atoms with E-state index in [1.807, 2.05) is 37.3 Å². The van der Waals surface area contributed by atoms with Crippen LogP contribution in [0.1, 0.15) is 25.5 Å². The summed E-state index contributed by atoms with van der Waals surface area (Å²) in [5, 5.41) is 15.2. The Hall–Kier alpha value is -2.80. The summed E-state index contributed by atoms with van der Waals surface area (Å²) in [4.78, 5) is 18.5. The maximum absolute atomic E-state index is 11.9. The van der Waals surface area contributed by atoms with E-state index in [9.17, 15) is 9.90 Å². The van der Waals surface area contributed by atoms with E-state index >= 15 is 0 Å². The van der Waals surface area contributed by atoms with Crippen molar-refractivity contribution < 1.29 is 14.6 Å². The quantitative estimate of drug-likeness (QED) is 0.693. The number of halogens is 1. The predicted molar refractivity (Wildman–Crippen MR) is 112 cm³/mol. The Balaban J connectivity index is 1.87. The maximum atomic E-state index is 11.9. The first-order valence-electron chi connectivity index (χ1n) is 9.51. The van der Waals surface area contributed by atoms with Gasteiger partial charge in [-0.15, -0.1) is 0 Å². The van der Waals surface area contributed by atoms with Crippen molar-refractivity contribution in [2.24, 2.45) is 5.41 Å². The second-order valence-corrected chi connectivity index (χ2v) is 8.19.